The Balaban J connectivity index is 1.98. The zero-order valence-corrected chi connectivity index (χ0v) is 15.9. The number of fused-ring (bicyclic) bond motifs is 1. The fourth-order valence-electron chi connectivity index (χ4n) is 3.07. The third-order valence-corrected chi connectivity index (χ3v) is 6.92. The summed E-state index contributed by atoms with van der Waals surface area (Å²) >= 11 is 6.10. The summed E-state index contributed by atoms with van der Waals surface area (Å²) < 4.78 is 38.3. The van der Waals surface area contributed by atoms with Gasteiger partial charge in [0.05, 0.1) is 19.1 Å². The lowest BCUT2D eigenvalue weighted by Crippen LogP contribution is -2.36. The predicted octanol–water partition coefficient (Wildman–Crippen LogP) is 3.41. The van der Waals surface area contributed by atoms with Gasteiger partial charge in [-0.1, -0.05) is 17.7 Å². The molecule has 0 aliphatic carbocycles. The highest BCUT2D eigenvalue weighted by Crippen LogP contribution is 2.35. The molecule has 0 fully saturated rings. The minimum atomic E-state index is -3.62. The standard InChI is InChI=1S/C18H20ClNO4S/c1-12-15(19)5-4-6-18(12)25(21,22)20-8-7-13-9-16(23-2)17(24-3)10-14(13)11-20/h4-6,9-10H,7-8,11H2,1-3H3. The Hall–Kier alpha value is -1.76. The molecule has 2 aromatic rings. The van der Waals surface area contributed by atoms with Crippen molar-refractivity contribution < 1.29 is 17.9 Å². The van der Waals surface area contributed by atoms with Gasteiger partial charge in [0.1, 0.15) is 0 Å². The summed E-state index contributed by atoms with van der Waals surface area (Å²) in [5.74, 6) is 1.25. The summed E-state index contributed by atoms with van der Waals surface area (Å²) in [6.07, 6.45) is 0.620. The number of benzene rings is 2. The molecule has 2 aromatic carbocycles. The number of nitrogens with zero attached hydrogens (tertiary/aromatic N) is 1. The number of halogens is 1. The smallest absolute Gasteiger partial charge is 0.243 e. The summed E-state index contributed by atoms with van der Waals surface area (Å²) in [7, 11) is -0.461. The molecular weight excluding hydrogens is 362 g/mol. The van der Waals surface area contributed by atoms with E-state index in [0.717, 1.165) is 11.1 Å². The van der Waals surface area contributed by atoms with Gasteiger partial charge in [0.2, 0.25) is 10.0 Å². The number of sulfonamides is 1. The van der Waals surface area contributed by atoms with E-state index in [4.69, 9.17) is 21.1 Å². The first-order valence-corrected chi connectivity index (χ1v) is 9.69. The van der Waals surface area contributed by atoms with Crippen LogP contribution in [0.15, 0.2) is 35.2 Å². The fraction of sp³-hybridized carbons (Fsp3) is 0.333. The van der Waals surface area contributed by atoms with Crippen molar-refractivity contribution in [3.05, 3.63) is 52.0 Å². The summed E-state index contributed by atoms with van der Waals surface area (Å²) in [6, 6.07) is 8.72. The van der Waals surface area contributed by atoms with E-state index in [1.165, 1.54) is 4.31 Å². The zero-order chi connectivity index (χ0) is 18.2. The highest BCUT2D eigenvalue weighted by Gasteiger charge is 2.30. The number of hydrogen-bond donors (Lipinski definition) is 0. The lowest BCUT2D eigenvalue weighted by Gasteiger charge is -2.29. The van der Waals surface area contributed by atoms with Crippen LogP contribution in [0.3, 0.4) is 0 Å². The van der Waals surface area contributed by atoms with Gasteiger partial charge in [0, 0.05) is 18.1 Å². The largest absolute Gasteiger partial charge is 0.493 e. The second-order valence-corrected chi connectivity index (χ2v) is 8.24. The van der Waals surface area contributed by atoms with Crippen LogP contribution in [0.5, 0.6) is 11.5 Å². The molecule has 0 amide bonds. The molecule has 25 heavy (non-hydrogen) atoms. The van der Waals surface area contributed by atoms with Gasteiger partial charge < -0.3 is 9.47 Å². The predicted molar refractivity (Wildman–Crippen MR) is 97.0 cm³/mol. The first-order chi connectivity index (χ1) is 11.9. The van der Waals surface area contributed by atoms with Crippen LogP contribution in [0.4, 0.5) is 0 Å². The van der Waals surface area contributed by atoms with Crippen molar-refractivity contribution in [1.29, 1.82) is 0 Å². The molecule has 0 saturated heterocycles. The van der Waals surface area contributed by atoms with Crippen molar-refractivity contribution in [2.45, 2.75) is 24.8 Å². The van der Waals surface area contributed by atoms with Gasteiger partial charge >= 0.3 is 0 Å². The number of ether oxygens (including phenoxy) is 2. The molecule has 0 spiro atoms. The van der Waals surface area contributed by atoms with Crippen LogP contribution >= 0.6 is 11.6 Å². The maximum atomic E-state index is 13.1. The van der Waals surface area contributed by atoms with Crippen molar-refractivity contribution in [3.8, 4) is 11.5 Å². The second-order valence-electron chi connectivity index (χ2n) is 5.93. The normalized spacial score (nSPS) is 14.9. The molecule has 0 radical (unpaired) electrons. The second kappa shape index (κ2) is 6.86. The van der Waals surface area contributed by atoms with Gasteiger partial charge in [-0.3, -0.25) is 0 Å². The van der Waals surface area contributed by atoms with Crippen LogP contribution in [0.1, 0.15) is 16.7 Å². The highest BCUT2D eigenvalue weighted by molar-refractivity contribution is 7.89. The third-order valence-electron chi connectivity index (χ3n) is 4.52. The summed E-state index contributed by atoms with van der Waals surface area (Å²) in [5.41, 5.74) is 2.57. The molecule has 7 heteroatoms. The summed E-state index contributed by atoms with van der Waals surface area (Å²) in [6.45, 7) is 2.43. The third kappa shape index (κ3) is 3.21. The number of hydrogen-bond acceptors (Lipinski definition) is 4. The molecule has 1 aliphatic rings. The van der Waals surface area contributed by atoms with E-state index >= 15 is 0 Å². The van der Waals surface area contributed by atoms with Gasteiger partial charge in [-0.15, -0.1) is 0 Å². The monoisotopic (exact) mass is 381 g/mol. The SMILES string of the molecule is COc1cc2c(cc1OC)CN(S(=O)(=O)c1cccc(Cl)c1C)CC2. The van der Waals surface area contributed by atoms with E-state index in [2.05, 4.69) is 0 Å². The molecule has 0 N–H and O–H groups in total. The van der Waals surface area contributed by atoms with Crippen LogP contribution in [0.2, 0.25) is 5.02 Å². The maximum Gasteiger partial charge on any atom is 0.243 e. The number of rotatable bonds is 4. The first-order valence-electron chi connectivity index (χ1n) is 7.87. The highest BCUT2D eigenvalue weighted by atomic mass is 35.5. The van der Waals surface area contributed by atoms with Crippen molar-refractivity contribution in [2.24, 2.45) is 0 Å². The van der Waals surface area contributed by atoms with Gasteiger partial charge in [-0.05, 0) is 54.3 Å². The van der Waals surface area contributed by atoms with Crippen LogP contribution in [-0.4, -0.2) is 33.5 Å². The summed E-state index contributed by atoms with van der Waals surface area (Å²) in [5, 5.41) is 0.449. The molecule has 0 bridgehead atoms. The summed E-state index contributed by atoms with van der Waals surface area (Å²) in [4.78, 5) is 0.254. The lowest BCUT2D eigenvalue weighted by atomic mass is 10.0. The Morgan fingerprint density at radius 1 is 1.08 bits per heavy atom. The average molecular weight is 382 g/mol. The molecule has 5 nitrogen and oxygen atoms in total. The molecule has 1 aliphatic heterocycles. The molecule has 0 aromatic heterocycles. The Morgan fingerprint density at radius 3 is 2.36 bits per heavy atom. The van der Waals surface area contributed by atoms with E-state index in [1.807, 2.05) is 12.1 Å². The van der Waals surface area contributed by atoms with Crippen LogP contribution in [0, 0.1) is 6.92 Å². The zero-order valence-electron chi connectivity index (χ0n) is 14.4. The average Bonchev–Trinajstić information content (AvgIpc) is 2.62. The van der Waals surface area contributed by atoms with E-state index in [9.17, 15) is 8.42 Å². The van der Waals surface area contributed by atoms with Gasteiger partial charge in [0.25, 0.3) is 0 Å². The molecule has 0 unspecified atom stereocenters. The molecule has 1 heterocycles. The van der Waals surface area contributed by atoms with Crippen LogP contribution < -0.4 is 9.47 Å². The van der Waals surface area contributed by atoms with Crippen LogP contribution in [-0.2, 0) is 23.0 Å². The quantitative estimate of drug-likeness (QED) is 0.814. The fourth-order valence-corrected chi connectivity index (χ4v) is 4.97. The topological polar surface area (TPSA) is 55.8 Å². The van der Waals surface area contributed by atoms with E-state index in [-0.39, 0.29) is 4.90 Å². The Labute approximate surface area is 153 Å². The Morgan fingerprint density at radius 2 is 1.72 bits per heavy atom. The molecular formula is C18H20ClNO4S. The van der Waals surface area contributed by atoms with Crippen molar-refractivity contribution in [2.75, 3.05) is 20.8 Å². The molecule has 134 valence electrons. The molecule has 0 atom stereocenters. The minimum Gasteiger partial charge on any atom is -0.493 e. The van der Waals surface area contributed by atoms with Crippen LogP contribution in [0.25, 0.3) is 0 Å². The Bertz CT molecular complexity index is 912. The maximum absolute atomic E-state index is 13.1. The molecule has 0 saturated carbocycles. The van der Waals surface area contributed by atoms with Crippen molar-refractivity contribution >= 4 is 21.6 Å². The van der Waals surface area contributed by atoms with E-state index in [0.29, 0.717) is 41.6 Å². The minimum absolute atomic E-state index is 0.254. The van der Waals surface area contributed by atoms with E-state index < -0.39 is 10.0 Å². The first kappa shape index (κ1) is 18.0. The van der Waals surface area contributed by atoms with Gasteiger partial charge in [-0.25, -0.2) is 8.42 Å². The Kier molecular flexibility index (Phi) is 4.95. The number of methoxy groups -OCH3 is 2. The van der Waals surface area contributed by atoms with Gasteiger partial charge in [-0.2, -0.15) is 4.31 Å². The van der Waals surface area contributed by atoms with E-state index in [1.54, 1.807) is 39.3 Å². The van der Waals surface area contributed by atoms with Crippen molar-refractivity contribution in [3.63, 3.8) is 0 Å². The lowest BCUT2D eigenvalue weighted by molar-refractivity contribution is 0.348. The van der Waals surface area contributed by atoms with Gasteiger partial charge in [0.15, 0.2) is 11.5 Å². The van der Waals surface area contributed by atoms with Crippen molar-refractivity contribution in [1.82, 2.24) is 4.31 Å². The molecule has 3 rings (SSSR count).